The van der Waals surface area contributed by atoms with Gasteiger partial charge in [0.15, 0.2) is 5.82 Å². The van der Waals surface area contributed by atoms with Crippen molar-refractivity contribution in [3.05, 3.63) is 34.3 Å². The maximum absolute atomic E-state index is 5.98. The summed E-state index contributed by atoms with van der Waals surface area (Å²) >= 11 is 7.17. The molecule has 4 rings (SSSR count). The number of aromatic nitrogens is 6. The van der Waals surface area contributed by atoms with Crippen molar-refractivity contribution in [2.45, 2.75) is 25.4 Å². The average molecular weight is 334 g/mol. The largest absolute Gasteiger partial charge is 0.379 e. The van der Waals surface area contributed by atoms with Gasteiger partial charge in [-0.05, 0) is 47.5 Å². The third kappa shape index (κ3) is 2.67. The van der Waals surface area contributed by atoms with Crippen molar-refractivity contribution in [1.29, 1.82) is 0 Å². The number of nitrogens with one attached hydrogen (secondary N) is 1. The van der Waals surface area contributed by atoms with E-state index >= 15 is 0 Å². The molecule has 1 aliphatic carbocycles. The molecule has 0 saturated heterocycles. The molecule has 0 amide bonds. The second kappa shape index (κ2) is 5.62. The first kappa shape index (κ1) is 13.6. The number of benzene rings is 1. The van der Waals surface area contributed by atoms with Crippen molar-refractivity contribution in [3.63, 3.8) is 0 Å². The lowest BCUT2D eigenvalue weighted by molar-refractivity contribution is 0.615. The molecule has 0 unspecified atom stereocenters. The Hall–Kier alpha value is -2.06. The average Bonchev–Trinajstić information content (AvgIpc) is 3.12. The molecule has 1 N–H and O–H groups in total. The van der Waals surface area contributed by atoms with Gasteiger partial charge in [0.25, 0.3) is 0 Å². The summed E-state index contributed by atoms with van der Waals surface area (Å²) in [6.07, 6.45) is 2.31. The zero-order valence-electron chi connectivity index (χ0n) is 11.5. The lowest BCUT2D eigenvalue weighted by Crippen LogP contribution is -2.01. The van der Waals surface area contributed by atoms with Gasteiger partial charge in [0.1, 0.15) is 10.0 Å². The monoisotopic (exact) mass is 333 g/mol. The summed E-state index contributed by atoms with van der Waals surface area (Å²) in [6.45, 7) is 0.550. The van der Waals surface area contributed by atoms with Gasteiger partial charge in [-0.15, -0.1) is 10.2 Å². The van der Waals surface area contributed by atoms with Crippen molar-refractivity contribution in [2.24, 2.45) is 0 Å². The number of nitrogens with zero attached hydrogens (tertiary/aromatic N) is 6. The lowest BCUT2D eigenvalue weighted by Gasteiger charge is -2.06. The van der Waals surface area contributed by atoms with Crippen LogP contribution in [-0.4, -0.2) is 29.8 Å². The summed E-state index contributed by atoms with van der Waals surface area (Å²) in [5.74, 6) is 0.820. The zero-order valence-corrected chi connectivity index (χ0v) is 13.0. The van der Waals surface area contributed by atoms with E-state index in [4.69, 9.17) is 11.6 Å². The molecule has 1 fully saturated rings. The van der Waals surface area contributed by atoms with E-state index in [1.54, 1.807) is 0 Å². The molecule has 0 aliphatic heterocycles. The fourth-order valence-electron chi connectivity index (χ4n) is 2.17. The molecule has 0 atom stereocenters. The molecule has 2 aromatic heterocycles. The highest BCUT2D eigenvalue weighted by molar-refractivity contribution is 7.10. The number of hydrogen-bond donors (Lipinski definition) is 1. The molecule has 1 aromatic carbocycles. The van der Waals surface area contributed by atoms with E-state index < -0.39 is 0 Å². The van der Waals surface area contributed by atoms with Gasteiger partial charge in [-0.25, -0.2) is 4.68 Å². The van der Waals surface area contributed by atoms with Crippen molar-refractivity contribution in [3.8, 4) is 11.4 Å². The van der Waals surface area contributed by atoms with Crippen molar-refractivity contribution >= 4 is 28.8 Å². The minimum absolute atomic E-state index is 0.460. The Labute approximate surface area is 135 Å². The number of tetrazole rings is 1. The molecule has 0 radical (unpaired) electrons. The van der Waals surface area contributed by atoms with Gasteiger partial charge in [-0.3, -0.25) is 0 Å². The van der Waals surface area contributed by atoms with E-state index in [1.807, 2.05) is 28.9 Å². The van der Waals surface area contributed by atoms with E-state index in [2.05, 4.69) is 30.4 Å². The van der Waals surface area contributed by atoms with Crippen LogP contribution in [0.3, 0.4) is 0 Å². The topological polar surface area (TPSA) is 81.4 Å². The summed E-state index contributed by atoms with van der Waals surface area (Å²) in [6, 6.07) is 8.47. The van der Waals surface area contributed by atoms with Crippen LogP contribution in [0.15, 0.2) is 24.3 Å². The van der Waals surface area contributed by atoms with Crippen molar-refractivity contribution in [1.82, 2.24) is 29.8 Å². The maximum Gasteiger partial charge on any atom is 0.182 e. The maximum atomic E-state index is 5.98. The summed E-state index contributed by atoms with van der Waals surface area (Å²) < 4.78 is 6.33. The number of hydrogen-bond acceptors (Lipinski definition) is 7. The number of halogens is 1. The predicted octanol–water partition coefficient (Wildman–Crippen LogP) is 2.79. The first-order valence-electron chi connectivity index (χ1n) is 6.90. The van der Waals surface area contributed by atoms with Crippen LogP contribution in [-0.2, 0) is 6.54 Å². The van der Waals surface area contributed by atoms with Gasteiger partial charge >= 0.3 is 0 Å². The highest BCUT2D eigenvalue weighted by Gasteiger charge is 2.28. The van der Waals surface area contributed by atoms with Gasteiger partial charge in [-0.2, -0.15) is 0 Å². The Morgan fingerprint density at radius 2 is 2.05 bits per heavy atom. The molecule has 0 bridgehead atoms. The van der Waals surface area contributed by atoms with E-state index in [-0.39, 0.29) is 0 Å². The van der Waals surface area contributed by atoms with Gasteiger partial charge in [0.2, 0.25) is 0 Å². The van der Waals surface area contributed by atoms with Crippen molar-refractivity contribution < 1.29 is 0 Å². The standard InChI is InChI=1S/C13H12ClN7S/c14-12-11(16-20-22-12)7-15-9-3-1-8(2-4-9)13-17-18-19-21(13)10-5-6-10/h1-4,10,15H,5-7H2. The summed E-state index contributed by atoms with van der Waals surface area (Å²) in [5, 5.41) is 19.2. The molecule has 9 heteroatoms. The molecule has 1 saturated carbocycles. The third-order valence-corrected chi connectivity index (χ3v) is 4.48. The normalized spacial score (nSPS) is 14.2. The van der Waals surface area contributed by atoms with Gasteiger partial charge in [0, 0.05) is 22.8 Å². The fourth-order valence-corrected chi connectivity index (χ4v) is 2.80. The van der Waals surface area contributed by atoms with E-state index in [1.165, 1.54) is 11.5 Å². The minimum atomic E-state index is 0.460. The number of rotatable bonds is 5. The fraction of sp³-hybridized carbons (Fsp3) is 0.308. The van der Waals surface area contributed by atoms with Crippen LogP contribution in [0.5, 0.6) is 0 Å². The second-order valence-electron chi connectivity index (χ2n) is 5.10. The second-order valence-corrected chi connectivity index (χ2v) is 6.46. The molecule has 22 heavy (non-hydrogen) atoms. The van der Waals surface area contributed by atoms with Gasteiger partial charge in [0.05, 0.1) is 12.6 Å². The van der Waals surface area contributed by atoms with Crippen LogP contribution in [0.1, 0.15) is 24.6 Å². The first-order chi connectivity index (χ1) is 10.8. The molecule has 0 spiro atoms. The highest BCUT2D eigenvalue weighted by atomic mass is 35.5. The molecular formula is C13H12ClN7S. The van der Waals surface area contributed by atoms with Crippen LogP contribution in [0.25, 0.3) is 11.4 Å². The Morgan fingerprint density at radius 1 is 1.23 bits per heavy atom. The number of anilines is 1. The Bertz CT molecular complexity index is 778. The van der Waals surface area contributed by atoms with Gasteiger partial charge < -0.3 is 5.32 Å². The van der Waals surface area contributed by atoms with E-state index in [9.17, 15) is 0 Å². The van der Waals surface area contributed by atoms with E-state index in [0.29, 0.717) is 16.9 Å². The van der Waals surface area contributed by atoms with Gasteiger partial charge in [-0.1, -0.05) is 16.1 Å². The molecule has 3 aromatic rings. The molecular weight excluding hydrogens is 322 g/mol. The molecule has 2 heterocycles. The van der Waals surface area contributed by atoms with E-state index in [0.717, 1.165) is 35.6 Å². The van der Waals surface area contributed by atoms with Crippen LogP contribution in [0.4, 0.5) is 5.69 Å². The smallest absolute Gasteiger partial charge is 0.182 e. The van der Waals surface area contributed by atoms with Crippen LogP contribution in [0, 0.1) is 0 Å². The van der Waals surface area contributed by atoms with Crippen LogP contribution >= 0.6 is 23.1 Å². The van der Waals surface area contributed by atoms with Crippen molar-refractivity contribution in [2.75, 3.05) is 5.32 Å². The predicted molar refractivity (Wildman–Crippen MR) is 83.8 cm³/mol. The first-order valence-corrected chi connectivity index (χ1v) is 8.05. The Morgan fingerprint density at radius 3 is 2.73 bits per heavy atom. The molecule has 112 valence electrons. The molecule has 7 nitrogen and oxygen atoms in total. The SMILES string of the molecule is Clc1snnc1CNc1ccc(-c2nnnn2C2CC2)cc1. The highest BCUT2D eigenvalue weighted by Crippen LogP contribution is 2.36. The Kier molecular flexibility index (Phi) is 3.47. The summed E-state index contributed by atoms with van der Waals surface area (Å²) in [4.78, 5) is 0. The van der Waals surface area contributed by atoms with Crippen LogP contribution < -0.4 is 5.32 Å². The minimum Gasteiger partial charge on any atom is -0.379 e. The zero-order chi connectivity index (χ0) is 14.9. The summed E-state index contributed by atoms with van der Waals surface area (Å²) in [7, 11) is 0. The quantitative estimate of drug-likeness (QED) is 0.773. The Balaban J connectivity index is 1.48. The molecule has 1 aliphatic rings. The van der Waals surface area contributed by atoms with Crippen LogP contribution in [0.2, 0.25) is 4.34 Å². The third-order valence-electron chi connectivity index (χ3n) is 3.50. The summed E-state index contributed by atoms with van der Waals surface area (Å²) in [5.41, 5.74) is 2.75. The lowest BCUT2D eigenvalue weighted by atomic mass is 10.2.